The molecule has 5 heteroatoms. The zero-order valence-electron chi connectivity index (χ0n) is 8.41. The summed E-state index contributed by atoms with van der Waals surface area (Å²) in [6, 6.07) is 6.26. The third-order valence-electron chi connectivity index (χ3n) is 2.20. The van der Waals surface area contributed by atoms with Crippen molar-refractivity contribution in [3.8, 4) is 5.75 Å². The summed E-state index contributed by atoms with van der Waals surface area (Å²) in [6.45, 7) is 0. The minimum absolute atomic E-state index is 0.0114. The maximum Gasteiger partial charge on any atom is 0.290 e. The predicted octanol–water partition coefficient (Wildman–Crippen LogP) is 1.66. The van der Waals surface area contributed by atoms with E-state index < -0.39 is 5.56 Å². The number of aromatic amines is 1. The molecule has 0 saturated heterocycles. The molecule has 1 N–H and O–H groups in total. The monoisotopic (exact) mass is 281 g/mol. The van der Waals surface area contributed by atoms with Crippen LogP contribution in [0, 0.1) is 0 Å². The van der Waals surface area contributed by atoms with Crippen LogP contribution in [0.2, 0.25) is 0 Å². The highest BCUT2D eigenvalue weighted by Crippen LogP contribution is 2.14. The fourth-order valence-corrected chi connectivity index (χ4v) is 1.79. The number of halogens is 1. The largest absolute Gasteiger partial charge is 0.491 e. The first-order valence-electron chi connectivity index (χ1n) is 4.52. The van der Waals surface area contributed by atoms with Gasteiger partial charge in [-0.15, -0.1) is 0 Å². The van der Waals surface area contributed by atoms with E-state index in [2.05, 4.69) is 20.9 Å². The molecule has 0 aliphatic rings. The van der Waals surface area contributed by atoms with E-state index in [9.17, 15) is 9.59 Å². The van der Waals surface area contributed by atoms with E-state index in [0.717, 1.165) is 4.47 Å². The first-order valence-corrected chi connectivity index (χ1v) is 5.32. The molecule has 0 unspecified atom stereocenters. The van der Waals surface area contributed by atoms with Crippen LogP contribution in [0.1, 0.15) is 0 Å². The van der Waals surface area contributed by atoms with Gasteiger partial charge < -0.3 is 9.72 Å². The number of aromatic nitrogens is 1. The van der Waals surface area contributed by atoms with Crippen LogP contribution in [0.5, 0.6) is 5.75 Å². The number of benzene rings is 1. The van der Waals surface area contributed by atoms with Gasteiger partial charge in [0.25, 0.3) is 5.56 Å². The Morgan fingerprint density at radius 1 is 1.25 bits per heavy atom. The molecule has 0 bridgehead atoms. The lowest BCUT2D eigenvalue weighted by Gasteiger charge is -1.92. The Morgan fingerprint density at radius 3 is 2.69 bits per heavy atom. The summed E-state index contributed by atoms with van der Waals surface area (Å²) in [5.74, 6) is 0.0114. The molecule has 2 rings (SSSR count). The molecular formula is C11H8BrNO3. The Morgan fingerprint density at radius 2 is 2.00 bits per heavy atom. The van der Waals surface area contributed by atoms with Gasteiger partial charge in [-0.05, 0) is 18.2 Å². The van der Waals surface area contributed by atoms with Gasteiger partial charge in [-0.3, -0.25) is 9.59 Å². The van der Waals surface area contributed by atoms with E-state index in [1.165, 1.54) is 13.2 Å². The van der Waals surface area contributed by atoms with Crippen LogP contribution in [-0.4, -0.2) is 12.1 Å². The number of fused-ring (bicyclic) bond motifs is 1. The standard InChI is InChI=1S/C11H8BrNO3/c1-16-10-5-9(14)7-3-2-6(12)4-8(7)13-11(10)15/h2-5H,1H3,(H,13,15). The number of hydrogen-bond donors (Lipinski definition) is 1. The van der Waals surface area contributed by atoms with Crippen LogP contribution in [0.3, 0.4) is 0 Å². The summed E-state index contributed by atoms with van der Waals surface area (Å²) < 4.78 is 5.62. The second-order valence-corrected chi connectivity index (χ2v) is 4.14. The highest BCUT2D eigenvalue weighted by atomic mass is 79.9. The van der Waals surface area contributed by atoms with Crippen molar-refractivity contribution in [2.75, 3.05) is 7.11 Å². The normalized spacial score (nSPS) is 10.4. The molecule has 16 heavy (non-hydrogen) atoms. The van der Waals surface area contributed by atoms with E-state index in [0.29, 0.717) is 10.9 Å². The average Bonchev–Trinajstić information content (AvgIpc) is 2.35. The van der Waals surface area contributed by atoms with Crippen molar-refractivity contribution < 1.29 is 4.74 Å². The smallest absolute Gasteiger partial charge is 0.290 e. The van der Waals surface area contributed by atoms with Crippen LogP contribution in [-0.2, 0) is 0 Å². The summed E-state index contributed by atoms with van der Waals surface area (Å²) in [5, 5.41) is 0.448. The zero-order chi connectivity index (χ0) is 11.7. The maximum absolute atomic E-state index is 11.8. The van der Waals surface area contributed by atoms with Crippen LogP contribution < -0.4 is 15.7 Å². The number of rotatable bonds is 1. The Kier molecular flexibility index (Phi) is 2.78. The minimum atomic E-state index is -0.423. The highest BCUT2D eigenvalue weighted by molar-refractivity contribution is 9.10. The molecule has 1 aromatic carbocycles. The van der Waals surface area contributed by atoms with Gasteiger partial charge in [-0.1, -0.05) is 15.9 Å². The lowest BCUT2D eigenvalue weighted by Crippen LogP contribution is -2.05. The summed E-state index contributed by atoms with van der Waals surface area (Å²) in [5.41, 5.74) is -0.196. The average molecular weight is 282 g/mol. The van der Waals surface area contributed by atoms with Crippen LogP contribution in [0.15, 0.2) is 38.3 Å². The molecule has 0 radical (unpaired) electrons. The molecule has 0 amide bonds. The molecule has 0 saturated carbocycles. The number of ether oxygens (including phenoxy) is 1. The summed E-state index contributed by atoms with van der Waals surface area (Å²) in [4.78, 5) is 26.0. The van der Waals surface area contributed by atoms with Gasteiger partial charge in [-0.2, -0.15) is 0 Å². The third-order valence-corrected chi connectivity index (χ3v) is 2.69. The molecular weight excluding hydrogens is 274 g/mol. The number of nitrogens with one attached hydrogen (secondary N) is 1. The predicted molar refractivity (Wildman–Crippen MR) is 65.1 cm³/mol. The van der Waals surface area contributed by atoms with Crippen LogP contribution >= 0.6 is 15.9 Å². The van der Waals surface area contributed by atoms with Crippen molar-refractivity contribution in [2.24, 2.45) is 0 Å². The Bertz CT molecular complexity index is 663. The van der Waals surface area contributed by atoms with Crippen molar-refractivity contribution in [3.05, 3.63) is 49.3 Å². The number of methoxy groups -OCH3 is 1. The molecule has 0 aliphatic heterocycles. The second kappa shape index (κ2) is 4.09. The molecule has 0 fully saturated rings. The SMILES string of the molecule is COc1cc(=O)c2ccc(Br)cc2[nH]c1=O. The van der Waals surface area contributed by atoms with E-state index in [1.807, 2.05) is 0 Å². The number of hydrogen-bond acceptors (Lipinski definition) is 3. The van der Waals surface area contributed by atoms with Gasteiger partial charge in [0.15, 0.2) is 11.2 Å². The first kappa shape index (κ1) is 10.9. The van der Waals surface area contributed by atoms with E-state index >= 15 is 0 Å². The zero-order valence-corrected chi connectivity index (χ0v) is 10.00. The summed E-state index contributed by atoms with van der Waals surface area (Å²) in [6.07, 6.45) is 0. The minimum Gasteiger partial charge on any atom is -0.491 e. The van der Waals surface area contributed by atoms with Gasteiger partial charge in [0.05, 0.1) is 12.6 Å². The van der Waals surface area contributed by atoms with Crippen molar-refractivity contribution in [1.82, 2.24) is 4.98 Å². The first-order chi connectivity index (χ1) is 7.61. The molecule has 82 valence electrons. The van der Waals surface area contributed by atoms with Gasteiger partial charge >= 0.3 is 0 Å². The van der Waals surface area contributed by atoms with Crippen molar-refractivity contribution in [1.29, 1.82) is 0 Å². The molecule has 0 atom stereocenters. The van der Waals surface area contributed by atoms with Crippen molar-refractivity contribution in [3.63, 3.8) is 0 Å². The van der Waals surface area contributed by atoms with Crippen LogP contribution in [0.25, 0.3) is 10.9 Å². The van der Waals surface area contributed by atoms with E-state index in [4.69, 9.17) is 4.74 Å². The third kappa shape index (κ3) is 1.86. The Balaban J connectivity index is 3.01. The molecule has 2 aromatic rings. The second-order valence-electron chi connectivity index (χ2n) is 3.22. The van der Waals surface area contributed by atoms with Gasteiger partial charge in [0.1, 0.15) is 0 Å². The lowest BCUT2D eigenvalue weighted by atomic mass is 10.2. The van der Waals surface area contributed by atoms with Gasteiger partial charge in [0, 0.05) is 15.9 Å². The van der Waals surface area contributed by atoms with Crippen molar-refractivity contribution >= 4 is 26.8 Å². The quantitative estimate of drug-likeness (QED) is 0.865. The summed E-state index contributed by atoms with van der Waals surface area (Å²) in [7, 11) is 1.35. The highest BCUT2D eigenvalue weighted by Gasteiger charge is 2.03. The number of H-pyrrole nitrogens is 1. The molecule has 0 spiro atoms. The van der Waals surface area contributed by atoms with Crippen molar-refractivity contribution in [2.45, 2.75) is 0 Å². The fraction of sp³-hybridized carbons (Fsp3) is 0.0909. The topological polar surface area (TPSA) is 59.2 Å². The van der Waals surface area contributed by atoms with Crippen LogP contribution in [0.4, 0.5) is 0 Å². The molecule has 4 nitrogen and oxygen atoms in total. The molecule has 0 aliphatic carbocycles. The summed E-state index contributed by atoms with van der Waals surface area (Å²) >= 11 is 3.28. The Labute approximate surface area is 99.0 Å². The van der Waals surface area contributed by atoms with E-state index in [1.54, 1.807) is 18.2 Å². The Hall–Kier alpha value is -1.62. The van der Waals surface area contributed by atoms with Gasteiger partial charge in [-0.25, -0.2) is 0 Å². The fourth-order valence-electron chi connectivity index (χ4n) is 1.43. The van der Waals surface area contributed by atoms with Gasteiger partial charge in [0.2, 0.25) is 0 Å². The molecule has 1 heterocycles. The maximum atomic E-state index is 11.8. The lowest BCUT2D eigenvalue weighted by molar-refractivity contribution is 0.409. The van der Waals surface area contributed by atoms with E-state index in [-0.39, 0.29) is 11.2 Å². The molecule has 1 aromatic heterocycles.